The number of thiophene rings is 3. The minimum atomic E-state index is -1.74. The lowest BCUT2D eigenvalue weighted by Gasteiger charge is -2.31. The second-order valence-corrected chi connectivity index (χ2v) is 37.5. The van der Waals surface area contributed by atoms with E-state index in [0.29, 0.717) is 39.6 Å². The average Bonchev–Trinajstić information content (AvgIpc) is 3.66. The largest absolute Gasteiger partial charge is 0.485 e. The van der Waals surface area contributed by atoms with Gasteiger partial charge in [0, 0.05) is 0 Å². The number of hydrogen-bond acceptors (Lipinski definition) is 11. The van der Waals surface area contributed by atoms with Gasteiger partial charge in [-0.2, -0.15) is 0 Å². The van der Waals surface area contributed by atoms with Crippen LogP contribution >= 0.6 is 34.0 Å². The maximum absolute atomic E-state index is 6.63. The molecule has 272 valence electrons. The van der Waals surface area contributed by atoms with E-state index in [2.05, 4.69) is 65.5 Å². The van der Waals surface area contributed by atoms with Crippen molar-refractivity contribution in [3.8, 4) is 54.0 Å². The maximum Gasteiger partial charge on any atom is 0.181 e. The third kappa shape index (κ3) is 9.02. The predicted octanol–water partition coefficient (Wildman–Crippen LogP) is 10.5. The molecule has 0 aromatic carbocycles. The van der Waals surface area contributed by atoms with Crippen LogP contribution in [0.2, 0.25) is 77.6 Å². The van der Waals surface area contributed by atoms with Crippen molar-refractivity contribution in [2.45, 2.75) is 103 Å². The van der Waals surface area contributed by atoms with Gasteiger partial charge >= 0.3 is 0 Å². The Morgan fingerprint density at radius 3 is 1.04 bits per heavy atom. The van der Waals surface area contributed by atoms with Crippen molar-refractivity contribution in [2.24, 2.45) is 0 Å². The van der Waals surface area contributed by atoms with Crippen molar-refractivity contribution in [2.75, 3.05) is 39.6 Å². The van der Waals surface area contributed by atoms with Crippen molar-refractivity contribution in [3.05, 3.63) is 9.75 Å². The third-order valence-corrected chi connectivity index (χ3v) is 24.6. The SMILES string of the molecule is C[Si](C)(C)O[Si](C)(C)CCCc1sc(-c2sc(-c3sc(CCC[Si](C)(C)O[Si](C)(C)C)c4c3OCCO4)c3c2OCCO3)c2c1OCCO2. The highest BCUT2D eigenvalue weighted by molar-refractivity contribution is 7.27. The van der Waals surface area contributed by atoms with Gasteiger partial charge in [-0.3, -0.25) is 0 Å². The fourth-order valence-electron chi connectivity index (χ4n) is 7.01. The number of hydrogen-bond donors (Lipinski definition) is 0. The molecule has 0 saturated carbocycles. The summed E-state index contributed by atoms with van der Waals surface area (Å²) in [6.45, 7) is 26.4. The molecule has 0 bridgehead atoms. The van der Waals surface area contributed by atoms with Gasteiger partial charge in [-0.05, 0) is 103 Å². The molecule has 8 nitrogen and oxygen atoms in total. The lowest BCUT2D eigenvalue weighted by atomic mass is 10.2. The summed E-state index contributed by atoms with van der Waals surface area (Å²) in [5, 5.41) is 0. The van der Waals surface area contributed by atoms with E-state index in [1.54, 1.807) is 34.0 Å². The van der Waals surface area contributed by atoms with Crippen LogP contribution < -0.4 is 28.4 Å². The molecule has 6 rings (SSSR count). The van der Waals surface area contributed by atoms with E-state index >= 15 is 0 Å². The number of fused-ring (bicyclic) bond motifs is 3. The maximum atomic E-state index is 6.63. The molecular formula is C34H54O8S3Si4. The molecule has 0 atom stereocenters. The van der Waals surface area contributed by atoms with Gasteiger partial charge in [-0.25, -0.2) is 0 Å². The fourth-order valence-corrected chi connectivity index (χ4v) is 27.0. The summed E-state index contributed by atoms with van der Waals surface area (Å²) in [6, 6.07) is 2.24. The van der Waals surface area contributed by atoms with Crippen LogP contribution in [0, 0.1) is 0 Å². The van der Waals surface area contributed by atoms with E-state index in [4.69, 9.17) is 36.7 Å². The first-order valence-corrected chi connectivity index (χ1v) is 33.2. The summed E-state index contributed by atoms with van der Waals surface area (Å²) in [6.07, 6.45) is 4.01. The second kappa shape index (κ2) is 14.6. The van der Waals surface area contributed by atoms with E-state index in [9.17, 15) is 0 Å². The molecule has 0 amide bonds. The average molecular weight is 799 g/mol. The van der Waals surface area contributed by atoms with Crippen molar-refractivity contribution >= 4 is 67.3 Å². The Balaban J connectivity index is 1.30. The molecule has 15 heteroatoms. The standard InChI is InChI=1S/C34H54O8S3Si4/c1-46(2,3)41-48(7,8)21-11-13-23-25-27(37-17-15-35-25)31(43-23)33-29-30(40-20-19-39-29)34(45-33)32-28-26(36-16-18-38-28)24(44-32)14-12-22-49(9,10)42-47(4,5)6/h11-22H2,1-10H3. The Morgan fingerprint density at radius 2 is 0.714 bits per heavy atom. The van der Waals surface area contributed by atoms with Crippen LogP contribution in [0.3, 0.4) is 0 Å². The molecule has 49 heavy (non-hydrogen) atoms. The van der Waals surface area contributed by atoms with Gasteiger partial charge < -0.3 is 36.7 Å². The van der Waals surface area contributed by atoms with Gasteiger partial charge in [0.2, 0.25) is 0 Å². The predicted molar refractivity (Wildman–Crippen MR) is 214 cm³/mol. The lowest BCUT2D eigenvalue weighted by Crippen LogP contribution is -2.42. The summed E-state index contributed by atoms with van der Waals surface area (Å²) < 4.78 is 51.3. The van der Waals surface area contributed by atoms with Crippen molar-refractivity contribution in [1.29, 1.82) is 0 Å². The van der Waals surface area contributed by atoms with Crippen LogP contribution in [0.25, 0.3) is 19.5 Å². The smallest absolute Gasteiger partial charge is 0.181 e. The molecule has 3 aliphatic heterocycles. The van der Waals surface area contributed by atoms with E-state index in [1.807, 2.05) is 0 Å². The van der Waals surface area contributed by atoms with Crippen LogP contribution in [0.5, 0.6) is 34.5 Å². The van der Waals surface area contributed by atoms with Crippen LogP contribution in [-0.2, 0) is 21.1 Å². The molecule has 0 aliphatic carbocycles. The molecule has 3 aromatic rings. The Kier molecular flexibility index (Phi) is 11.2. The summed E-state index contributed by atoms with van der Waals surface area (Å²) in [4.78, 5) is 6.68. The van der Waals surface area contributed by atoms with Crippen LogP contribution in [0.15, 0.2) is 0 Å². The first-order chi connectivity index (χ1) is 23.0. The van der Waals surface area contributed by atoms with E-state index in [1.165, 1.54) is 9.75 Å². The Labute approximate surface area is 308 Å². The topological polar surface area (TPSA) is 73.8 Å². The van der Waals surface area contributed by atoms with E-state index in [-0.39, 0.29) is 0 Å². The number of ether oxygens (including phenoxy) is 6. The van der Waals surface area contributed by atoms with E-state index in [0.717, 1.165) is 91.8 Å². The van der Waals surface area contributed by atoms with Gasteiger partial charge in [-0.1, -0.05) is 0 Å². The van der Waals surface area contributed by atoms with E-state index < -0.39 is 33.3 Å². The summed E-state index contributed by atoms with van der Waals surface area (Å²) in [5.74, 6) is 5.07. The molecule has 0 saturated heterocycles. The molecular weight excluding hydrogens is 745 g/mol. The normalized spacial score (nSPS) is 16.3. The first-order valence-electron chi connectivity index (χ1n) is 17.7. The molecule has 0 spiro atoms. The van der Waals surface area contributed by atoms with Gasteiger partial charge in [-0.15, -0.1) is 34.0 Å². The van der Waals surface area contributed by atoms with Crippen LogP contribution in [0.1, 0.15) is 22.6 Å². The Hall–Kier alpha value is -1.31. The summed E-state index contributed by atoms with van der Waals surface area (Å²) in [5.41, 5.74) is 0. The van der Waals surface area contributed by atoms with Crippen molar-refractivity contribution in [3.63, 3.8) is 0 Å². The Morgan fingerprint density at radius 1 is 0.429 bits per heavy atom. The highest BCUT2D eigenvalue weighted by Crippen LogP contribution is 2.63. The zero-order valence-electron chi connectivity index (χ0n) is 31.0. The van der Waals surface area contributed by atoms with Crippen LogP contribution in [-0.4, -0.2) is 72.9 Å². The van der Waals surface area contributed by atoms with Gasteiger partial charge in [0.25, 0.3) is 0 Å². The summed E-state index contributed by atoms with van der Waals surface area (Å²) in [7, 11) is -6.64. The van der Waals surface area contributed by atoms with Gasteiger partial charge in [0.05, 0.1) is 29.3 Å². The second-order valence-electron chi connectivity index (χ2n) is 16.2. The fraction of sp³-hybridized carbons (Fsp3) is 0.647. The molecule has 0 fully saturated rings. The molecule has 3 aliphatic rings. The minimum Gasteiger partial charge on any atom is -0.485 e. The summed E-state index contributed by atoms with van der Waals surface area (Å²) >= 11 is 5.26. The van der Waals surface area contributed by atoms with Gasteiger partial charge in [0.15, 0.2) is 67.8 Å². The molecule has 3 aromatic heterocycles. The minimum absolute atomic E-state index is 0.511. The monoisotopic (exact) mass is 798 g/mol. The molecule has 0 radical (unpaired) electrons. The number of rotatable bonds is 14. The van der Waals surface area contributed by atoms with Crippen molar-refractivity contribution in [1.82, 2.24) is 0 Å². The molecule has 6 heterocycles. The highest BCUT2D eigenvalue weighted by Gasteiger charge is 2.37. The molecule has 0 N–H and O–H groups in total. The highest BCUT2D eigenvalue weighted by atomic mass is 32.1. The van der Waals surface area contributed by atoms with Gasteiger partial charge in [0.1, 0.15) is 39.6 Å². The lowest BCUT2D eigenvalue weighted by molar-refractivity contribution is 0.170. The van der Waals surface area contributed by atoms with Crippen molar-refractivity contribution < 1.29 is 36.7 Å². The quantitative estimate of drug-likeness (QED) is 0.149. The first kappa shape index (κ1) is 37.4. The third-order valence-electron chi connectivity index (χ3n) is 8.28. The van der Waals surface area contributed by atoms with Crippen LogP contribution in [0.4, 0.5) is 0 Å². The molecule has 0 unspecified atom stereocenters. The zero-order chi connectivity index (χ0) is 35.2. The zero-order valence-corrected chi connectivity index (χ0v) is 37.4. The number of aryl methyl sites for hydroxylation is 2. The Bertz CT molecular complexity index is 1520.